The molecule has 2 unspecified atom stereocenters. The minimum absolute atomic E-state index is 0.130. The van der Waals surface area contributed by atoms with Crippen molar-refractivity contribution in [3.63, 3.8) is 0 Å². The van der Waals surface area contributed by atoms with Gasteiger partial charge in [-0.25, -0.2) is 0 Å². The summed E-state index contributed by atoms with van der Waals surface area (Å²) in [5.41, 5.74) is 0.259. The fraction of sp³-hybridized carbons (Fsp3) is 0.500. The van der Waals surface area contributed by atoms with E-state index in [2.05, 4.69) is 0 Å². The minimum atomic E-state index is -2.34. The highest BCUT2D eigenvalue weighted by Gasteiger charge is 2.48. The molecule has 2 aliphatic rings. The number of hydrogen-bond acceptors (Lipinski definition) is 2. The van der Waals surface area contributed by atoms with Gasteiger partial charge in [0.2, 0.25) is 0 Å². The van der Waals surface area contributed by atoms with Gasteiger partial charge >= 0.3 is 0 Å². The number of hydrogen-bond donors (Lipinski definition) is 0. The average molecular weight is 248 g/mol. The molecule has 0 spiro atoms. The van der Waals surface area contributed by atoms with Crippen LogP contribution < -0.4 is 5.30 Å². The lowest BCUT2D eigenvalue weighted by molar-refractivity contribution is -0.119. The molecule has 0 aliphatic carbocycles. The van der Waals surface area contributed by atoms with Crippen molar-refractivity contribution in [3.8, 4) is 0 Å². The molecule has 3 rings (SSSR count). The topological polar surface area (TPSA) is 34.1 Å². The van der Waals surface area contributed by atoms with Crippen LogP contribution in [0, 0.1) is 0 Å². The lowest BCUT2D eigenvalue weighted by Gasteiger charge is -2.42. The Kier molecular flexibility index (Phi) is 2.71. The van der Waals surface area contributed by atoms with Gasteiger partial charge in [0.15, 0.2) is 0 Å². The monoisotopic (exact) mass is 248 g/mol. The fourth-order valence-corrected chi connectivity index (χ4v) is 7.60. The van der Waals surface area contributed by atoms with Crippen molar-refractivity contribution >= 4 is 18.2 Å². The second-order valence-electron chi connectivity index (χ2n) is 5.23. The van der Waals surface area contributed by atoms with Crippen molar-refractivity contribution in [3.05, 3.63) is 30.3 Å². The molecule has 3 heteroatoms. The van der Waals surface area contributed by atoms with Crippen molar-refractivity contribution in [2.45, 2.75) is 43.4 Å². The third kappa shape index (κ3) is 1.70. The molecule has 0 amide bonds. The summed E-state index contributed by atoms with van der Waals surface area (Å²) in [6.45, 7) is 0. The van der Waals surface area contributed by atoms with E-state index < -0.39 is 7.14 Å². The molecule has 0 aromatic heterocycles. The second-order valence-corrected chi connectivity index (χ2v) is 8.63. The third-order valence-corrected chi connectivity index (χ3v) is 8.40. The fourth-order valence-electron chi connectivity index (χ4n) is 3.44. The van der Waals surface area contributed by atoms with E-state index in [0.717, 1.165) is 24.6 Å². The van der Waals surface area contributed by atoms with Gasteiger partial charge in [-0.3, -0.25) is 4.79 Å². The molecule has 1 aromatic carbocycles. The summed E-state index contributed by atoms with van der Waals surface area (Å²) in [5.74, 6) is 0.321. The average Bonchev–Trinajstić information content (AvgIpc) is 2.32. The smallest absolute Gasteiger partial charge is 0.134 e. The van der Waals surface area contributed by atoms with Crippen LogP contribution in [-0.2, 0) is 9.36 Å². The Bertz CT molecular complexity index is 460. The molecule has 0 N–H and O–H groups in total. The zero-order chi connectivity index (χ0) is 11.9. The van der Waals surface area contributed by atoms with E-state index in [9.17, 15) is 9.36 Å². The summed E-state index contributed by atoms with van der Waals surface area (Å²) < 4.78 is 13.4. The summed E-state index contributed by atoms with van der Waals surface area (Å²) in [7, 11) is -2.34. The molecule has 90 valence electrons. The number of carbonyl (C=O) groups is 1. The van der Waals surface area contributed by atoms with E-state index in [1.165, 1.54) is 0 Å². The molecule has 17 heavy (non-hydrogen) atoms. The lowest BCUT2D eigenvalue weighted by atomic mass is 9.98. The van der Waals surface area contributed by atoms with Gasteiger partial charge < -0.3 is 4.57 Å². The molecular weight excluding hydrogens is 231 g/mol. The lowest BCUT2D eigenvalue weighted by Crippen LogP contribution is -2.38. The van der Waals surface area contributed by atoms with E-state index in [1.807, 2.05) is 30.3 Å². The molecule has 2 atom stereocenters. The van der Waals surface area contributed by atoms with Crippen molar-refractivity contribution in [2.24, 2.45) is 0 Å². The predicted octanol–water partition coefficient (Wildman–Crippen LogP) is 2.96. The molecule has 2 fully saturated rings. The van der Waals surface area contributed by atoms with E-state index >= 15 is 0 Å². The second kappa shape index (κ2) is 4.10. The highest BCUT2D eigenvalue weighted by Crippen LogP contribution is 2.64. The van der Waals surface area contributed by atoms with Crippen LogP contribution in [0.25, 0.3) is 0 Å². The number of carbonyl (C=O) groups excluding carboxylic acids is 1. The van der Waals surface area contributed by atoms with Crippen LogP contribution >= 0.6 is 7.14 Å². The summed E-state index contributed by atoms with van der Waals surface area (Å²) >= 11 is 0. The highest BCUT2D eigenvalue weighted by molar-refractivity contribution is 7.73. The van der Waals surface area contributed by atoms with Gasteiger partial charge in [-0.2, -0.15) is 0 Å². The number of rotatable bonds is 1. The van der Waals surface area contributed by atoms with E-state index in [-0.39, 0.29) is 11.3 Å². The maximum atomic E-state index is 13.4. The van der Waals surface area contributed by atoms with Crippen LogP contribution in [0.15, 0.2) is 30.3 Å². The molecule has 0 saturated carbocycles. The summed E-state index contributed by atoms with van der Waals surface area (Å²) in [6.07, 6.45) is 4.16. The summed E-state index contributed by atoms with van der Waals surface area (Å²) in [4.78, 5) is 11.7. The molecule has 0 radical (unpaired) electrons. The maximum Gasteiger partial charge on any atom is 0.134 e. The van der Waals surface area contributed by atoms with Crippen LogP contribution in [0.3, 0.4) is 0 Å². The van der Waals surface area contributed by atoms with Crippen LogP contribution in [0.5, 0.6) is 0 Å². The Balaban J connectivity index is 2.07. The Morgan fingerprint density at radius 2 is 1.59 bits per heavy atom. The standard InChI is InChI=1S/C14H17O2P/c15-11-9-13-7-4-8-14(10-11)17(13,16)12-5-2-1-3-6-12/h1-3,5-6,13-14H,4,7-10H2. The third-order valence-electron chi connectivity index (χ3n) is 4.25. The van der Waals surface area contributed by atoms with Gasteiger partial charge in [-0.05, 0) is 12.8 Å². The Labute approximate surface area is 102 Å². The zero-order valence-electron chi connectivity index (χ0n) is 9.84. The molecule has 2 bridgehead atoms. The first-order valence-electron chi connectivity index (χ1n) is 6.38. The van der Waals surface area contributed by atoms with Gasteiger partial charge in [-0.1, -0.05) is 36.8 Å². The predicted molar refractivity (Wildman–Crippen MR) is 69.4 cm³/mol. The van der Waals surface area contributed by atoms with Gasteiger partial charge in [0.05, 0.1) is 0 Å². The first-order chi connectivity index (χ1) is 8.21. The summed E-state index contributed by atoms with van der Waals surface area (Å²) in [6, 6.07) is 9.85. The Hall–Kier alpha value is -0.880. The number of ketones is 1. The van der Waals surface area contributed by atoms with Gasteiger partial charge in [0, 0.05) is 29.5 Å². The van der Waals surface area contributed by atoms with E-state index in [0.29, 0.717) is 18.6 Å². The molecule has 1 aromatic rings. The quantitative estimate of drug-likeness (QED) is 0.716. The SMILES string of the molecule is O=C1CC2CCCC(C1)P2(=O)c1ccccc1. The molecule has 2 aliphatic heterocycles. The van der Waals surface area contributed by atoms with Crippen molar-refractivity contribution in [1.82, 2.24) is 0 Å². The van der Waals surface area contributed by atoms with Gasteiger partial charge in [0.25, 0.3) is 0 Å². The van der Waals surface area contributed by atoms with Crippen molar-refractivity contribution < 1.29 is 9.36 Å². The highest BCUT2D eigenvalue weighted by atomic mass is 31.2. The maximum absolute atomic E-state index is 13.4. The summed E-state index contributed by atoms with van der Waals surface area (Å²) in [5, 5.41) is 1.00. The Morgan fingerprint density at radius 3 is 2.18 bits per heavy atom. The molecule has 2 heterocycles. The van der Waals surface area contributed by atoms with E-state index in [1.54, 1.807) is 0 Å². The minimum Gasteiger partial charge on any atom is -0.318 e. The Morgan fingerprint density at radius 1 is 1.00 bits per heavy atom. The zero-order valence-corrected chi connectivity index (χ0v) is 10.7. The first kappa shape index (κ1) is 11.2. The van der Waals surface area contributed by atoms with Crippen molar-refractivity contribution in [2.75, 3.05) is 0 Å². The molecule has 2 nitrogen and oxygen atoms in total. The number of fused-ring (bicyclic) bond motifs is 2. The van der Waals surface area contributed by atoms with Crippen LogP contribution in [0.4, 0.5) is 0 Å². The number of Topliss-reactive ketones (excluding diaryl/α,β-unsaturated/α-hetero) is 1. The van der Waals surface area contributed by atoms with Crippen LogP contribution in [0.1, 0.15) is 32.1 Å². The first-order valence-corrected chi connectivity index (χ1v) is 8.22. The number of benzene rings is 1. The normalized spacial score (nSPS) is 36.8. The largest absolute Gasteiger partial charge is 0.318 e. The van der Waals surface area contributed by atoms with E-state index in [4.69, 9.17) is 0 Å². The van der Waals surface area contributed by atoms with Crippen molar-refractivity contribution in [1.29, 1.82) is 0 Å². The molecular formula is C14H17O2P. The van der Waals surface area contributed by atoms with Crippen LogP contribution in [0.2, 0.25) is 0 Å². The van der Waals surface area contributed by atoms with Gasteiger partial charge in [-0.15, -0.1) is 0 Å². The van der Waals surface area contributed by atoms with Crippen LogP contribution in [-0.4, -0.2) is 17.1 Å². The molecule has 2 saturated heterocycles. The van der Waals surface area contributed by atoms with Gasteiger partial charge in [0.1, 0.15) is 12.9 Å².